The molecule has 0 aliphatic heterocycles. The Hall–Kier alpha value is -1.02. The second-order valence-corrected chi connectivity index (χ2v) is 7.25. The van der Waals surface area contributed by atoms with Crippen LogP contribution in [0, 0.1) is 5.41 Å². The van der Waals surface area contributed by atoms with Crippen LogP contribution in [0.15, 0.2) is 24.3 Å². The summed E-state index contributed by atoms with van der Waals surface area (Å²) < 4.78 is 5.31. The van der Waals surface area contributed by atoms with Crippen LogP contribution in [-0.4, -0.2) is 20.2 Å². The van der Waals surface area contributed by atoms with E-state index in [-0.39, 0.29) is 0 Å². The summed E-state index contributed by atoms with van der Waals surface area (Å²) in [6.07, 6.45) is 9.77. The highest BCUT2D eigenvalue weighted by Crippen LogP contribution is 2.62. The first-order valence-corrected chi connectivity index (χ1v) is 8.57. The lowest BCUT2D eigenvalue weighted by atomic mass is 9.49. The van der Waals surface area contributed by atoms with Gasteiger partial charge in [0.25, 0.3) is 0 Å². The number of hydrogen-bond acceptors (Lipinski definition) is 2. The van der Waals surface area contributed by atoms with Crippen molar-refractivity contribution in [1.29, 1.82) is 0 Å². The van der Waals surface area contributed by atoms with E-state index in [1.165, 1.54) is 50.5 Å². The summed E-state index contributed by atoms with van der Waals surface area (Å²) in [4.78, 5) is 0. The second kappa shape index (κ2) is 6.00. The molecule has 1 aromatic carbocycles. The van der Waals surface area contributed by atoms with E-state index >= 15 is 0 Å². The van der Waals surface area contributed by atoms with Crippen molar-refractivity contribution < 1.29 is 4.74 Å². The van der Waals surface area contributed by atoms with Crippen molar-refractivity contribution in [2.75, 3.05) is 20.2 Å². The van der Waals surface area contributed by atoms with Crippen molar-refractivity contribution >= 4 is 0 Å². The van der Waals surface area contributed by atoms with Crippen LogP contribution in [0.25, 0.3) is 0 Å². The molecule has 2 fully saturated rings. The van der Waals surface area contributed by atoms with Crippen LogP contribution < -0.4 is 10.1 Å². The molecule has 0 atom stereocenters. The highest BCUT2D eigenvalue weighted by atomic mass is 16.5. The molecule has 0 heterocycles. The fourth-order valence-electron chi connectivity index (χ4n) is 4.74. The summed E-state index contributed by atoms with van der Waals surface area (Å²) in [5.74, 6) is 0.963. The Balaban J connectivity index is 1.76. The molecule has 0 unspecified atom stereocenters. The van der Waals surface area contributed by atoms with E-state index in [1.807, 2.05) is 0 Å². The van der Waals surface area contributed by atoms with E-state index in [9.17, 15) is 0 Å². The molecule has 2 nitrogen and oxygen atoms in total. The van der Waals surface area contributed by atoms with Gasteiger partial charge in [0.2, 0.25) is 0 Å². The Kier molecular flexibility index (Phi) is 4.26. The lowest BCUT2D eigenvalue weighted by Crippen LogP contribution is -2.53. The minimum Gasteiger partial charge on any atom is -0.497 e. The number of rotatable bonds is 6. The third-order valence-corrected chi connectivity index (χ3v) is 5.68. The molecule has 1 spiro atoms. The summed E-state index contributed by atoms with van der Waals surface area (Å²) in [5, 5.41) is 3.68. The highest BCUT2D eigenvalue weighted by Gasteiger charge is 2.55. The standard InChI is InChI=1S/C19H29NO/c1-3-12-20-15-19(13-18(14-19)10-4-5-11-18)16-6-8-17(21-2)9-7-16/h6-9,20H,3-5,10-15H2,1-2H3. The van der Waals surface area contributed by atoms with Gasteiger partial charge in [0.05, 0.1) is 7.11 Å². The Morgan fingerprint density at radius 3 is 2.33 bits per heavy atom. The van der Waals surface area contributed by atoms with Crippen LogP contribution in [0.4, 0.5) is 0 Å². The van der Waals surface area contributed by atoms with Crippen LogP contribution in [0.5, 0.6) is 5.75 Å². The highest BCUT2D eigenvalue weighted by molar-refractivity contribution is 5.36. The first-order chi connectivity index (χ1) is 10.2. The van der Waals surface area contributed by atoms with Gasteiger partial charge in [0.1, 0.15) is 5.75 Å². The fraction of sp³-hybridized carbons (Fsp3) is 0.684. The van der Waals surface area contributed by atoms with Gasteiger partial charge in [-0.1, -0.05) is 31.9 Å². The molecule has 2 heteroatoms. The maximum Gasteiger partial charge on any atom is 0.118 e. The summed E-state index contributed by atoms with van der Waals surface area (Å²) in [5.41, 5.74) is 2.55. The molecule has 0 saturated heterocycles. The van der Waals surface area contributed by atoms with Crippen molar-refractivity contribution in [2.45, 2.75) is 57.3 Å². The zero-order chi connectivity index (χ0) is 14.8. The molecule has 0 aromatic heterocycles. The lowest BCUT2D eigenvalue weighted by molar-refractivity contribution is 0.0271. The molecule has 3 rings (SSSR count). The second-order valence-electron chi connectivity index (χ2n) is 7.25. The van der Waals surface area contributed by atoms with Crippen LogP contribution >= 0.6 is 0 Å². The molecule has 21 heavy (non-hydrogen) atoms. The van der Waals surface area contributed by atoms with Gasteiger partial charge in [0, 0.05) is 12.0 Å². The van der Waals surface area contributed by atoms with Gasteiger partial charge in [-0.15, -0.1) is 0 Å². The molecule has 0 amide bonds. The van der Waals surface area contributed by atoms with Crippen molar-refractivity contribution in [3.8, 4) is 5.75 Å². The maximum atomic E-state index is 5.31. The number of hydrogen-bond donors (Lipinski definition) is 1. The predicted molar refractivity (Wildman–Crippen MR) is 88.0 cm³/mol. The topological polar surface area (TPSA) is 21.3 Å². The molecule has 1 N–H and O–H groups in total. The number of benzene rings is 1. The van der Waals surface area contributed by atoms with Crippen molar-refractivity contribution in [3.63, 3.8) is 0 Å². The largest absolute Gasteiger partial charge is 0.497 e. The Morgan fingerprint density at radius 2 is 1.76 bits per heavy atom. The Labute approximate surface area is 129 Å². The maximum absolute atomic E-state index is 5.31. The molecule has 2 saturated carbocycles. The van der Waals surface area contributed by atoms with Crippen molar-refractivity contribution in [2.24, 2.45) is 5.41 Å². The molecule has 116 valence electrons. The average Bonchev–Trinajstić information content (AvgIpc) is 2.96. The zero-order valence-corrected chi connectivity index (χ0v) is 13.6. The lowest BCUT2D eigenvalue weighted by Gasteiger charge is -2.56. The van der Waals surface area contributed by atoms with Gasteiger partial charge in [-0.2, -0.15) is 0 Å². The van der Waals surface area contributed by atoms with Gasteiger partial charge in [0.15, 0.2) is 0 Å². The van der Waals surface area contributed by atoms with Crippen LogP contribution in [-0.2, 0) is 5.41 Å². The van der Waals surface area contributed by atoms with Gasteiger partial charge in [-0.25, -0.2) is 0 Å². The molecular formula is C19H29NO. The molecule has 0 radical (unpaired) electrons. The Bertz CT molecular complexity index is 451. The molecule has 2 aliphatic carbocycles. The molecule has 2 aliphatic rings. The van der Waals surface area contributed by atoms with Gasteiger partial charge >= 0.3 is 0 Å². The van der Waals surface area contributed by atoms with E-state index in [2.05, 4.69) is 36.5 Å². The quantitative estimate of drug-likeness (QED) is 0.788. The average molecular weight is 287 g/mol. The minimum atomic E-state index is 0.367. The van der Waals surface area contributed by atoms with Crippen molar-refractivity contribution in [3.05, 3.63) is 29.8 Å². The Morgan fingerprint density at radius 1 is 1.10 bits per heavy atom. The smallest absolute Gasteiger partial charge is 0.118 e. The van der Waals surface area contributed by atoms with Crippen molar-refractivity contribution in [1.82, 2.24) is 5.32 Å². The minimum absolute atomic E-state index is 0.367. The van der Waals surface area contributed by atoms with E-state index in [0.29, 0.717) is 10.8 Å². The predicted octanol–water partition coefficient (Wildman–Crippen LogP) is 4.29. The monoisotopic (exact) mass is 287 g/mol. The first-order valence-electron chi connectivity index (χ1n) is 8.57. The normalized spacial score (nSPS) is 22.2. The van der Waals surface area contributed by atoms with E-state index in [4.69, 9.17) is 4.74 Å². The van der Waals surface area contributed by atoms with Crippen LogP contribution in [0.2, 0.25) is 0 Å². The van der Waals surface area contributed by atoms with Crippen LogP contribution in [0.3, 0.4) is 0 Å². The summed E-state index contributed by atoms with van der Waals surface area (Å²) >= 11 is 0. The van der Waals surface area contributed by atoms with E-state index in [0.717, 1.165) is 18.8 Å². The number of methoxy groups -OCH3 is 1. The number of ether oxygens (including phenoxy) is 1. The summed E-state index contributed by atoms with van der Waals surface area (Å²) in [6, 6.07) is 8.82. The SMILES string of the molecule is CCCNCC1(c2ccc(OC)cc2)CC2(CCCC2)C1. The third kappa shape index (κ3) is 2.83. The van der Waals surface area contributed by atoms with E-state index in [1.54, 1.807) is 7.11 Å². The van der Waals surface area contributed by atoms with Gasteiger partial charge in [-0.3, -0.25) is 0 Å². The summed E-state index contributed by atoms with van der Waals surface area (Å²) in [6.45, 7) is 4.51. The molecule has 0 bridgehead atoms. The zero-order valence-electron chi connectivity index (χ0n) is 13.6. The fourth-order valence-corrected chi connectivity index (χ4v) is 4.74. The van der Waals surface area contributed by atoms with Gasteiger partial charge < -0.3 is 10.1 Å². The first kappa shape index (κ1) is 14.9. The molecule has 1 aromatic rings. The van der Waals surface area contributed by atoms with E-state index < -0.39 is 0 Å². The van der Waals surface area contributed by atoms with Gasteiger partial charge in [-0.05, 0) is 61.8 Å². The summed E-state index contributed by atoms with van der Waals surface area (Å²) in [7, 11) is 1.74. The number of nitrogens with one attached hydrogen (secondary N) is 1. The molecular weight excluding hydrogens is 258 g/mol. The third-order valence-electron chi connectivity index (χ3n) is 5.68. The van der Waals surface area contributed by atoms with Crippen LogP contribution in [0.1, 0.15) is 57.4 Å².